The van der Waals surface area contributed by atoms with E-state index in [9.17, 15) is 0 Å². The van der Waals surface area contributed by atoms with E-state index in [-0.39, 0.29) is 14.3 Å². The smallest absolute Gasteiger partial charge is 0.233 e. The molecule has 0 bridgehead atoms. The van der Waals surface area contributed by atoms with E-state index in [0.29, 0.717) is 24.4 Å². The number of aromatic nitrogens is 3. The fourth-order valence-corrected chi connectivity index (χ4v) is 3.79. The summed E-state index contributed by atoms with van der Waals surface area (Å²) in [5.74, 6) is 2.02. The second-order valence-corrected chi connectivity index (χ2v) is 7.52. The van der Waals surface area contributed by atoms with Gasteiger partial charge in [0.1, 0.15) is 12.4 Å². The summed E-state index contributed by atoms with van der Waals surface area (Å²) in [4.78, 5) is 4.70. The van der Waals surface area contributed by atoms with E-state index in [0.717, 1.165) is 59.7 Å². The van der Waals surface area contributed by atoms with E-state index >= 15 is 0 Å². The van der Waals surface area contributed by atoms with E-state index in [1.165, 1.54) is 0 Å². The van der Waals surface area contributed by atoms with Gasteiger partial charge in [-0.15, -0.1) is 5.10 Å². The molecule has 3 aromatic rings. The number of hydrogen-bond donors (Lipinski definition) is 2. The number of anilines is 1. The second-order valence-electron chi connectivity index (χ2n) is 7.52. The molecule has 1 aromatic carbocycles. The largest absolute Gasteiger partial charge is 0.480 e. The molecule has 2 radical (unpaired) electrons. The number of ether oxygens (including phenoxy) is 3. The van der Waals surface area contributed by atoms with Crippen LogP contribution < -0.4 is 20.0 Å². The fraction of sp³-hybridized carbons (Fsp3) is 0.423. The Morgan fingerprint density at radius 2 is 1.75 bits per heavy atom. The van der Waals surface area contributed by atoms with Crippen LogP contribution in [0, 0.1) is 0 Å². The number of nitrogens with one attached hydrogen (secondary N) is 2. The first kappa shape index (κ1) is 30.8. The zero-order valence-electron chi connectivity index (χ0n) is 20.8. The van der Waals surface area contributed by atoms with Gasteiger partial charge in [-0.1, -0.05) is 33.4 Å². The van der Waals surface area contributed by atoms with Gasteiger partial charge < -0.3 is 30.2 Å². The number of methoxy groups -OCH3 is 1. The second kappa shape index (κ2) is 15.7. The maximum Gasteiger partial charge on any atom is 0.233 e. The Morgan fingerprint density at radius 3 is 2.44 bits per heavy atom. The predicted molar refractivity (Wildman–Crippen MR) is 148 cm³/mol. The highest BCUT2D eigenvalue weighted by Crippen LogP contribution is 2.39. The van der Waals surface area contributed by atoms with Crippen LogP contribution in [0.4, 0.5) is 5.82 Å². The zero-order valence-corrected chi connectivity index (χ0v) is 20.8. The van der Waals surface area contributed by atoms with E-state index in [2.05, 4.69) is 53.0 Å². The van der Waals surface area contributed by atoms with Gasteiger partial charge in [-0.2, -0.15) is 10.1 Å². The van der Waals surface area contributed by atoms with Crippen molar-refractivity contribution in [1.82, 2.24) is 20.4 Å². The summed E-state index contributed by atoms with van der Waals surface area (Å²) in [5.41, 5.74) is 5.29. The van der Waals surface area contributed by atoms with Crippen molar-refractivity contribution in [3.8, 4) is 34.0 Å². The number of pyridine rings is 1. The Morgan fingerprint density at radius 1 is 1.06 bits per heavy atom. The van der Waals surface area contributed by atoms with Crippen molar-refractivity contribution in [2.24, 2.45) is 0 Å². The Bertz CT molecular complexity index is 1070. The van der Waals surface area contributed by atoms with Crippen LogP contribution in [-0.4, -0.2) is 62.1 Å². The van der Waals surface area contributed by atoms with Crippen LogP contribution in [0.1, 0.15) is 41.1 Å². The molecule has 2 aliphatic rings. The molecule has 0 unspecified atom stereocenters. The molecule has 0 spiro atoms. The quantitative estimate of drug-likeness (QED) is 0.518. The number of rotatable bonds is 4. The first-order valence-corrected chi connectivity index (χ1v) is 11.6. The topological polar surface area (TPSA) is 122 Å². The lowest BCUT2D eigenvalue weighted by molar-refractivity contribution is 0.0903. The van der Waals surface area contributed by atoms with Crippen LogP contribution in [0.3, 0.4) is 0 Å². The maximum absolute atomic E-state index is 5.99. The van der Waals surface area contributed by atoms with Crippen LogP contribution in [0.5, 0.6) is 11.8 Å². The number of benzene rings is 1. The maximum atomic E-state index is 5.99. The van der Waals surface area contributed by atoms with Crippen molar-refractivity contribution >= 4 is 13.8 Å². The van der Waals surface area contributed by atoms with Crippen molar-refractivity contribution in [3.05, 3.63) is 48.2 Å². The van der Waals surface area contributed by atoms with E-state index in [1.54, 1.807) is 20.4 Å². The molecule has 10 heteroatoms. The van der Waals surface area contributed by atoms with Crippen molar-refractivity contribution < 1.29 is 21.1 Å². The lowest BCUT2D eigenvalue weighted by atomic mass is 9.95. The first-order chi connectivity index (χ1) is 16.7. The van der Waals surface area contributed by atoms with E-state index in [1.807, 2.05) is 26.0 Å². The Kier molecular flexibility index (Phi) is 13.5. The molecule has 5 rings (SSSR count). The molecule has 0 aliphatic carbocycles. The third-order valence-electron chi connectivity index (χ3n) is 5.37. The normalized spacial score (nSPS) is 13.3. The molecule has 0 amide bonds. The number of nitrogens with zero attached hydrogens (tertiary/aromatic N) is 3. The molecule has 1 fully saturated rings. The molecule has 0 saturated carbocycles. The molecular formula is C26H40BN5O4. The molecule has 4 N–H and O–H groups in total. The standard InChI is InChI=1S/C22H22N4O3.C2H6.CH4BN.CH4.H2O.H2/c1-27-21-11-15(12-23-26-21)14-2-3-18-16(10-14)13-29-22-19(18)4-5-20(25-22)24-17-6-8-28-9-7-17;1-2;1-3-2;;;/h2-5,10-12,17H,6-9,13H2,1H3,(H,24,25);1-2H3;3H,1H3;1H4;1H2;1H. The third-order valence-corrected chi connectivity index (χ3v) is 5.37. The van der Waals surface area contributed by atoms with Gasteiger partial charge in [0.15, 0.2) is 7.98 Å². The van der Waals surface area contributed by atoms with Gasteiger partial charge >= 0.3 is 0 Å². The lowest BCUT2D eigenvalue weighted by Crippen LogP contribution is -2.28. The van der Waals surface area contributed by atoms with Crippen LogP contribution in [0.25, 0.3) is 22.3 Å². The summed E-state index contributed by atoms with van der Waals surface area (Å²) in [6.45, 7) is 6.08. The third kappa shape index (κ3) is 7.65. The van der Waals surface area contributed by atoms with Crippen molar-refractivity contribution in [1.29, 1.82) is 0 Å². The van der Waals surface area contributed by atoms with E-state index < -0.39 is 0 Å². The summed E-state index contributed by atoms with van der Waals surface area (Å²) in [5, 5.41) is 13.7. The van der Waals surface area contributed by atoms with Crippen LogP contribution in [0.15, 0.2) is 42.6 Å². The highest BCUT2D eigenvalue weighted by molar-refractivity contribution is 6.04. The van der Waals surface area contributed by atoms with Crippen LogP contribution in [-0.2, 0) is 11.3 Å². The number of fused-ring (bicyclic) bond motifs is 3. The Hall–Kier alpha value is -3.21. The molecule has 36 heavy (non-hydrogen) atoms. The van der Waals surface area contributed by atoms with Crippen LogP contribution in [0.2, 0.25) is 0 Å². The summed E-state index contributed by atoms with van der Waals surface area (Å²) in [6.07, 6.45) is 3.73. The van der Waals surface area contributed by atoms with E-state index in [4.69, 9.17) is 19.2 Å². The first-order valence-electron chi connectivity index (χ1n) is 11.6. The van der Waals surface area contributed by atoms with Gasteiger partial charge in [-0.05, 0) is 54.8 Å². The SMILES string of the molecule is C.CC.COc1cc(-c2ccc3c(c2)COc2nc(NC4CCOCC4)ccc2-3)cnn1.O.[B]NC.[HH]. The van der Waals surface area contributed by atoms with Gasteiger partial charge in [0, 0.05) is 37.9 Å². The number of hydrogen-bond acceptors (Lipinski definition) is 8. The highest BCUT2D eigenvalue weighted by Gasteiger charge is 2.21. The molecule has 2 aromatic heterocycles. The minimum Gasteiger partial charge on any atom is -0.480 e. The minimum atomic E-state index is 0. The van der Waals surface area contributed by atoms with Gasteiger partial charge in [0.25, 0.3) is 0 Å². The average Bonchev–Trinajstić information content (AvgIpc) is 2.90. The molecule has 1 saturated heterocycles. The van der Waals surface area contributed by atoms with Crippen LogP contribution >= 0.6 is 0 Å². The molecule has 9 nitrogen and oxygen atoms in total. The summed E-state index contributed by atoms with van der Waals surface area (Å²) >= 11 is 0. The summed E-state index contributed by atoms with van der Waals surface area (Å²) in [6, 6.07) is 12.7. The minimum absolute atomic E-state index is 0. The lowest BCUT2D eigenvalue weighted by Gasteiger charge is -2.25. The molecular weight excluding hydrogens is 457 g/mol. The molecule has 2 aliphatic heterocycles. The molecule has 0 atom stereocenters. The highest BCUT2D eigenvalue weighted by atomic mass is 16.5. The summed E-state index contributed by atoms with van der Waals surface area (Å²) < 4.78 is 16.6. The monoisotopic (exact) mass is 497 g/mol. The van der Waals surface area contributed by atoms with Crippen molar-refractivity contribution in [2.75, 3.05) is 32.7 Å². The van der Waals surface area contributed by atoms with Gasteiger partial charge in [-0.25, -0.2) is 0 Å². The van der Waals surface area contributed by atoms with Crippen molar-refractivity contribution in [3.63, 3.8) is 0 Å². The Labute approximate surface area is 217 Å². The molecule has 196 valence electrons. The summed E-state index contributed by atoms with van der Waals surface area (Å²) in [7, 11) is 7.84. The van der Waals surface area contributed by atoms with Gasteiger partial charge in [0.2, 0.25) is 11.8 Å². The zero-order chi connectivity index (χ0) is 24.3. The van der Waals surface area contributed by atoms with Gasteiger partial charge in [-0.3, -0.25) is 0 Å². The average molecular weight is 497 g/mol. The van der Waals surface area contributed by atoms with Gasteiger partial charge in [0.05, 0.1) is 13.3 Å². The molecule has 4 heterocycles. The Balaban J connectivity index is 0.00000152. The fourth-order valence-electron chi connectivity index (χ4n) is 3.79. The van der Waals surface area contributed by atoms with Crippen molar-refractivity contribution in [2.45, 2.75) is 46.8 Å². The predicted octanol–water partition coefficient (Wildman–Crippen LogP) is 4.07.